The normalized spacial score (nSPS) is 10.4. The van der Waals surface area contributed by atoms with Gasteiger partial charge in [-0.15, -0.1) is 0 Å². The van der Waals surface area contributed by atoms with E-state index in [0.29, 0.717) is 11.5 Å². The minimum absolute atomic E-state index is 0. The molecule has 2 aromatic carbocycles. The van der Waals surface area contributed by atoms with E-state index in [1.807, 2.05) is 18.2 Å². The molecule has 144 valence electrons. The summed E-state index contributed by atoms with van der Waals surface area (Å²) in [5.41, 5.74) is 8.65. The first-order valence-electron chi connectivity index (χ1n) is 8.51. The van der Waals surface area contributed by atoms with E-state index < -0.39 is 5.91 Å². The average molecular weight is 389 g/mol. The van der Waals surface area contributed by atoms with Crippen LogP contribution in [-0.4, -0.2) is 31.2 Å². The molecule has 0 bridgehead atoms. The van der Waals surface area contributed by atoms with Crippen molar-refractivity contribution in [2.75, 3.05) is 20.3 Å². The third-order valence-electron chi connectivity index (χ3n) is 4.17. The maximum atomic E-state index is 10.8. The van der Waals surface area contributed by atoms with Crippen LogP contribution in [-0.2, 0) is 17.8 Å². The molecule has 0 aliphatic carbocycles. The Morgan fingerprint density at radius 2 is 2.00 bits per heavy atom. The molecular formula is C20H23ClN3O3-. The summed E-state index contributed by atoms with van der Waals surface area (Å²) in [7, 11) is 1.57. The highest BCUT2D eigenvalue weighted by atomic mass is 35.5. The van der Waals surface area contributed by atoms with Gasteiger partial charge < -0.3 is 37.9 Å². The first-order valence-corrected chi connectivity index (χ1v) is 8.51. The molecule has 1 aromatic heterocycles. The van der Waals surface area contributed by atoms with E-state index in [1.165, 1.54) is 16.5 Å². The summed E-state index contributed by atoms with van der Waals surface area (Å²) in [6.07, 6.45) is 3.02. The second-order valence-electron chi connectivity index (χ2n) is 6.03. The van der Waals surface area contributed by atoms with Gasteiger partial charge in [0, 0.05) is 23.6 Å². The molecule has 4 N–H and O–H groups in total. The number of halogens is 1. The van der Waals surface area contributed by atoms with Crippen LogP contribution in [0, 0.1) is 0 Å². The zero-order chi connectivity index (χ0) is 18.4. The molecule has 0 radical (unpaired) electrons. The summed E-state index contributed by atoms with van der Waals surface area (Å²) in [5.74, 6) is 0.575. The molecule has 0 spiro atoms. The number of carbonyl (C=O) groups is 1. The molecule has 3 rings (SSSR count). The number of H-pyrrole nitrogens is 1. The largest absolute Gasteiger partial charge is 1.00 e. The summed E-state index contributed by atoms with van der Waals surface area (Å²) in [6, 6.07) is 13.9. The van der Waals surface area contributed by atoms with Gasteiger partial charge in [-0.05, 0) is 42.3 Å². The SMILES string of the molecule is COc1cc(CNCCc2c[nH]c3ccccc23)ccc1OCC(N)=O.[Cl-]. The molecule has 0 aliphatic rings. The van der Waals surface area contributed by atoms with Crippen molar-refractivity contribution in [2.45, 2.75) is 13.0 Å². The number of nitrogens with one attached hydrogen (secondary N) is 2. The summed E-state index contributed by atoms with van der Waals surface area (Å²) < 4.78 is 10.7. The number of aromatic amines is 1. The van der Waals surface area contributed by atoms with Gasteiger partial charge in [0.25, 0.3) is 5.91 Å². The lowest BCUT2D eigenvalue weighted by Crippen LogP contribution is -3.00. The van der Waals surface area contributed by atoms with Crippen LogP contribution in [0.25, 0.3) is 10.9 Å². The molecule has 0 aliphatic heterocycles. The van der Waals surface area contributed by atoms with Gasteiger partial charge >= 0.3 is 0 Å². The average Bonchev–Trinajstić information content (AvgIpc) is 3.07. The van der Waals surface area contributed by atoms with E-state index in [1.54, 1.807) is 13.2 Å². The van der Waals surface area contributed by atoms with Gasteiger partial charge in [0.05, 0.1) is 7.11 Å². The Kier molecular flexibility index (Phi) is 7.52. The highest BCUT2D eigenvalue weighted by molar-refractivity contribution is 5.83. The summed E-state index contributed by atoms with van der Waals surface area (Å²) >= 11 is 0. The number of ether oxygens (including phenoxy) is 2. The predicted molar refractivity (Wildman–Crippen MR) is 101 cm³/mol. The van der Waals surface area contributed by atoms with E-state index >= 15 is 0 Å². The Balaban J connectivity index is 0.00000261. The maximum Gasteiger partial charge on any atom is 0.255 e. The lowest BCUT2D eigenvalue weighted by Gasteiger charge is -2.11. The van der Waals surface area contributed by atoms with Crippen molar-refractivity contribution in [1.82, 2.24) is 10.3 Å². The fraction of sp³-hybridized carbons (Fsp3) is 0.250. The second-order valence-corrected chi connectivity index (χ2v) is 6.03. The van der Waals surface area contributed by atoms with Gasteiger partial charge in [-0.25, -0.2) is 0 Å². The zero-order valence-electron chi connectivity index (χ0n) is 15.1. The van der Waals surface area contributed by atoms with Crippen molar-refractivity contribution < 1.29 is 26.7 Å². The number of carbonyl (C=O) groups excluding carboxylic acids is 1. The number of amides is 1. The summed E-state index contributed by atoms with van der Waals surface area (Å²) in [4.78, 5) is 14.1. The topological polar surface area (TPSA) is 89.4 Å². The van der Waals surface area contributed by atoms with Crippen LogP contribution in [0.2, 0.25) is 0 Å². The molecule has 0 saturated carbocycles. The molecule has 0 atom stereocenters. The third kappa shape index (κ3) is 5.39. The van der Waals surface area contributed by atoms with Gasteiger partial charge in [-0.2, -0.15) is 0 Å². The number of hydrogen-bond donors (Lipinski definition) is 3. The maximum absolute atomic E-state index is 10.8. The van der Waals surface area contributed by atoms with E-state index in [4.69, 9.17) is 15.2 Å². The lowest BCUT2D eigenvalue weighted by molar-refractivity contribution is -0.119. The number of hydrogen-bond acceptors (Lipinski definition) is 4. The monoisotopic (exact) mass is 388 g/mol. The Bertz CT molecular complexity index is 895. The van der Waals surface area contributed by atoms with Gasteiger partial charge in [0.1, 0.15) is 0 Å². The Morgan fingerprint density at radius 1 is 1.19 bits per heavy atom. The lowest BCUT2D eigenvalue weighted by atomic mass is 10.1. The number of fused-ring (bicyclic) bond motifs is 1. The molecule has 27 heavy (non-hydrogen) atoms. The van der Waals surface area contributed by atoms with Crippen LogP contribution in [0.5, 0.6) is 11.5 Å². The number of aromatic nitrogens is 1. The molecule has 7 heteroatoms. The highest BCUT2D eigenvalue weighted by Crippen LogP contribution is 2.28. The molecule has 6 nitrogen and oxygen atoms in total. The molecule has 0 fully saturated rings. The summed E-state index contributed by atoms with van der Waals surface area (Å²) in [6.45, 7) is 1.41. The van der Waals surface area contributed by atoms with E-state index in [-0.39, 0.29) is 19.0 Å². The Morgan fingerprint density at radius 3 is 2.78 bits per heavy atom. The van der Waals surface area contributed by atoms with Gasteiger partial charge in [0.2, 0.25) is 0 Å². The number of benzene rings is 2. The molecular weight excluding hydrogens is 366 g/mol. The van der Waals surface area contributed by atoms with E-state index in [2.05, 4.69) is 34.7 Å². The highest BCUT2D eigenvalue weighted by Gasteiger charge is 2.07. The quantitative estimate of drug-likeness (QED) is 0.426. The van der Waals surface area contributed by atoms with Crippen LogP contribution in [0.4, 0.5) is 0 Å². The number of rotatable bonds is 9. The van der Waals surface area contributed by atoms with Crippen molar-refractivity contribution in [1.29, 1.82) is 0 Å². The van der Waals surface area contributed by atoms with Crippen LogP contribution in [0.15, 0.2) is 48.7 Å². The molecule has 1 amide bonds. The van der Waals surface area contributed by atoms with Crippen LogP contribution in [0.3, 0.4) is 0 Å². The molecule has 0 unspecified atom stereocenters. The molecule has 0 saturated heterocycles. The minimum atomic E-state index is -0.518. The number of primary amides is 1. The smallest absolute Gasteiger partial charge is 0.255 e. The van der Waals surface area contributed by atoms with Gasteiger partial charge in [-0.3, -0.25) is 4.79 Å². The van der Waals surface area contributed by atoms with Crippen molar-refractivity contribution in [2.24, 2.45) is 5.73 Å². The van der Waals surface area contributed by atoms with Crippen LogP contribution in [0.1, 0.15) is 11.1 Å². The first-order chi connectivity index (χ1) is 12.7. The minimum Gasteiger partial charge on any atom is -1.00 e. The number of nitrogens with two attached hydrogens (primary N) is 1. The fourth-order valence-electron chi connectivity index (χ4n) is 2.88. The second kappa shape index (κ2) is 9.85. The Labute approximate surface area is 164 Å². The number of para-hydroxylation sites is 1. The predicted octanol–water partition coefficient (Wildman–Crippen LogP) is -0.623. The number of methoxy groups -OCH3 is 1. The zero-order valence-corrected chi connectivity index (χ0v) is 15.9. The van der Waals surface area contributed by atoms with Crippen molar-refractivity contribution in [3.63, 3.8) is 0 Å². The summed E-state index contributed by atoms with van der Waals surface area (Å²) in [5, 5.41) is 4.71. The van der Waals surface area contributed by atoms with Gasteiger partial charge in [-0.1, -0.05) is 24.3 Å². The van der Waals surface area contributed by atoms with Crippen molar-refractivity contribution in [3.05, 3.63) is 59.8 Å². The van der Waals surface area contributed by atoms with Crippen LogP contribution < -0.4 is 32.9 Å². The van der Waals surface area contributed by atoms with Crippen LogP contribution >= 0.6 is 0 Å². The molecule has 1 heterocycles. The standard InChI is InChI=1S/C20H23N3O3.ClH/c1-25-19-10-14(6-7-18(19)26-13-20(21)24)11-22-9-8-15-12-23-17-5-3-2-4-16(15)17;/h2-7,10,12,22-23H,8-9,11,13H2,1H3,(H2,21,24);1H/p-1. The van der Waals surface area contributed by atoms with E-state index in [9.17, 15) is 4.79 Å². The van der Waals surface area contributed by atoms with E-state index in [0.717, 1.165) is 25.1 Å². The van der Waals surface area contributed by atoms with Crippen molar-refractivity contribution in [3.8, 4) is 11.5 Å². The molecule has 3 aromatic rings. The Hall–Kier alpha value is -2.70. The van der Waals surface area contributed by atoms with Gasteiger partial charge in [0.15, 0.2) is 18.1 Å². The third-order valence-corrected chi connectivity index (χ3v) is 4.17. The fourth-order valence-corrected chi connectivity index (χ4v) is 2.88. The van der Waals surface area contributed by atoms with Crippen molar-refractivity contribution >= 4 is 16.8 Å². The first kappa shape index (κ1) is 20.6.